The van der Waals surface area contributed by atoms with Crippen molar-refractivity contribution in [3.63, 3.8) is 0 Å². The Morgan fingerprint density at radius 1 is 1.09 bits per heavy atom. The molecule has 0 saturated heterocycles. The summed E-state index contributed by atoms with van der Waals surface area (Å²) < 4.78 is 47.1. The fourth-order valence-electron chi connectivity index (χ4n) is 2.91. The minimum Gasteiger partial charge on any atom is -0.503 e. The van der Waals surface area contributed by atoms with Gasteiger partial charge in [0.25, 0.3) is 0 Å². The SMILES string of the molecule is Cc1nc(COC(=O)N(C)CCN(C)C)sc1-c1cccc(-c2cc(F)c(O)c(F)c2F)n1. The Morgan fingerprint density at radius 2 is 1.79 bits per heavy atom. The zero-order chi connectivity index (χ0) is 24.3. The van der Waals surface area contributed by atoms with Crippen LogP contribution in [-0.2, 0) is 11.3 Å². The molecule has 11 heteroatoms. The molecule has 0 saturated carbocycles. The Morgan fingerprint density at radius 3 is 2.48 bits per heavy atom. The van der Waals surface area contributed by atoms with Gasteiger partial charge in [0.1, 0.15) is 11.6 Å². The molecule has 2 aromatic heterocycles. The highest BCUT2D eigenvalue weighted by Gasteiger charge is 2.21. The van der Waals surface area contributed by atoms with Crippen molar-refractivity contribution in [2.75, 3.05) is 34.2 Å². The minimum atomic E-state index is -1.68. The topological polar surface area (TPSA) is 78.8 Å². The average molecular weight is 481 g/mol. The van der Waals surface area contributed by atoms with Gasteiger partial charge in [-0.25, -0.2) is 23.5 Å². The van der Waals surface area contributed by atoms with Gasteiger partial charge < -0.3 is 19.6 Å². The molecule has 176 valence electrons. The number of pyridine rings is 1. The second kappa shape index (κ2) is 10.2. The third kappa shape index (κ3) is 5.60. The minimum absolute atomic E-state index is 0.00825. The standard InChI is InChI=1S/C22H23F3N4O3S/c1-12-21(33-17(26-12)11-32-22(31)29(4)9-8-28(2)3)16-7-5-6-15(27-16)13-10-14(23)20(30)19(25)18(13)24/h5-7,10,30H,8-9,11H2,1-4H3. The number of aromatic hydroxyl groups is 1. The van der Waals surface area contributed by atoms with Gasteiger partial charge in [0, 0.05) is 25.7 Å². The van der Waals surface area contributed by atoms with Crippen LogP contribution in [0.3, 0.4) is 0 Å². The number of rotatable bonds is 7. The van der Waals surface area contributed by atoms with Crippen LogP contribution >= 0.6 is 11.3 Å². The van der Waals surface area contributed by atoms with Gasteiger partial charge in [0.05, 0.1) is 22.0 Å². The molecule has 1 N–H and O–H groups in total. The lowest BCUT2D eigenvalue weighted by atomic mass is 10.1. The van der Waals surface area contributed by atoms with Crippen molar-refractivity contribution in [2.45, 2.75) is 13.5 Å². The van der Waals surface area contributed by atoms with E-state index in [9.17, 15) is 23.1 Å². The fraction of sp³-hybridized carbons (Fsp3) is 0.318. The molecule has 7 nitrogen and oxygen atoms in total. The molecule has 0 radical (unpaired) electrons. The van der Waals surface area contributed by atoms with E-state index in [0.717, 1.165) is 0 Å². The predicted molar refractivity (Wildman–Crippen MR) is 118 cm³/mol. The van der Waals surface area contributed by atoms with Crippen molar-refractivity contribution in [3.8, 4) is 27.6 Å². The molecule has 3 aromatic rings. The van der Waals surface area contributed by atoms with Crippen LogP contribution in [0.15, 0.2) is 24.3 Å². The summed E-state index contributed by atoms with van der Waals surface area (Å²) >= 11 is 1.24. The Hall–Kier alpha value is -3.18. The molecule has 0 atom stereocenters. The lowest BCUT2D eigenvalue weighted by Gasteiger charge is -2.18. The average Bonchev–Trinajstić information content (AvgIpc) is 3.17. The van der Waals surface area contributed by atoms with E-state index in [1.165, 1.54) is 22.3 Å². The molecule has 1 aromatic carbocycles. The van der Waals surface area contributed by atoms with Crippen LogP contribution in [0.5, 0.6) is 5.75 Å². The number of hydrogen-bond acceptors (Lipinski definition) is 7. The van der Waals surface area contributed by atoms with E-state index in [1.54, 1.807) is 26.1 Å². The zero-order valence-electron chi connectivity index (χ0n) is 18.5. The van der Waals surface area contributed by atoms with Crippen molar-refractivity contribution < 1.29 is 27.8 Å². The first-order valence-electron chi connectivity index (χ1n) is 9.91. The van der Waals surface area contributed by atoms with Gasteiger partial charge in [-0.2, -0.15) is 4.39 Å². The number of phenolic OH excluding ortho intramolecular Hbond substituents is 1. The number of aryl methyl sites for hydroxylation is 1. The highest BCUT2D eigenvalue weighted by Crippen LogP contribution is 2.34. The monoisotopic (exact) mass is 480 g/mol. The van der Waals surface area contributed by atoms with Gasteiger partial charge in [-0.3, -0.25) is 0 Å². The van der Waals surface area contributed by atoms with Gasteiger partial charge in [0.2, 0.25) is 5.82 Å². The summed E-state index contributed by atoms with van der Waals surface area (Å²) in [6.45, 7) is 2.93. The van der Waals surface area contributed by atoms with Gasteiger partial charge in [-0.15, -0.1) is 11.3 Å². The van der Waals surface area contributed by atoms with Crippen LogP contribution in [0, 0.1) is 24.4 Å². The molecule has 2 heterocycles. The summed E-state index contributed by atoms with van der Waals surface area (Å²) in [6, 6.07) is 5.32. The van der Waals surface area contributed by atoms with Crippen molar-refractivity contribution >= 4 is 17.4 Å². The number of aromatic nitrogens is 2. The molecule has 0 aliphatic heterocycles. The number of carbonyl (C=O) groups excluding carboxylic acids is 1. The van der Waals surface area contributed by atoms with Crippen LogP contribution < -0.4 is 0 Å². The Balaban J connectivity index is 1.79. The van der Waals surface area contributed by atoms with Gasteiger partial charge in [-0.1, -0.05) is 6.07 Å². The third-order valence-electron chi connectivity index (χ3n) is 4.75. The second-order valence-electron chi connectivity index (χ2n) is 7.59. The van der Waals surface area contributed by atoms with Crippen LogP contribution in [0.2, 0.25) is 0 Å². The van der Waals surface area contributed by atoms with Gasteiger partial charge in [0.15, 0.2) is 17.4 Å². The maximum atomic E-state index is 14.3. The molecule has 1 amide bonds. The quantitative estimate of drug-likeness (QED) is 0.504. The number of halogens is 3. The Labute approximate surface area is 193 Å². The fourth-order valence-corrected chi connectivity index (χ4v) is 3.86. The summed E-state index contributed by atoms with van der Waals surface area (Å²) in [6.07, 6.45) is -0.474. The van der Waals surface area contributed by atoms with E-state index in [2.05, 4.69) is 9.97 Å². The van der Waals surface area contributed by atoms with E-state index in [-0.39, 0.29) is 12.3 Å². The highest BCUT2D eigenvalue weighted by atomic mass is 32.1. The predicted octanol–water partition coefficient (Wildman–Crippen LogP) is 4.43. The molecule has 33 heavy (non-hydrogen) atoms. The van der Waals surface area contributed by atoms with Crippen LogP contribution in [0.25, 0.3) is 21.8 Å². The Bertz CT molecular complexity index is 1170. The number of thiazole rings is 1. The van der Waals surface area contributed by atoms with Crippen LogP contribution in [0.1, 0.15) is 10.7 Å². The summed E-state index contributed by atoms with van der Waals surface area (Å²) in [7, 11) is 5.46. The maximum absolute atomic E-state index is 14.3. The number of benzene rings is 1. The number of phenols is 1. The van der Waals surface area contributed by atoms with Crippen molar-refractivity contribution in [3.05, 3.63) is 52.4 Å². The number of amides is 1. The second-order valence-corrected chi connectivity index (χ2v) is 8.68. The molecule has 0 spiro atoms. The summed E-state index contributed by atoms with van der Waals surface area (Å²) in [5.74, 6) is -5.74. The van der Waals surface area contributed by atoms with Crippen LogP contribution in [-0.4, -0.2) is 65.2 Å². The van der Waals surface area contributed by atoms with Gasteiger partial charge in [-0.05, 0) is 39.2 Å². The summed E-state index contributed by atoms with van der Waals surface area (Å²) in [5, 5.41) is 9.79. The molecule has 0 aliphatic carbocycles. The number of carbonyl (C=O) groups is 1. The summed E-state index contributed by atoms with van der Waals surface area (Å²) in [4.78, 5) is 24.9. The molecule has 0 unspecified atom stereocenters. The molecule has 0 aliphatic rings. The van der Waals surface area contributed by atoms with Crippen LogP contribution in [0.4, 0.5) is 18.0 Å². The first kappa shape index (κ1) is 24.5. The first-order chi connectivity index (χ1) is 15.6. The number of ether oxygens (including phenoxy) is 1. The molecular weight excluding hydrogens is 457 g/mol. The van der Waals surface area contributed by atoms with Crippen molar-refractivity contribution in [1.29, 1.82) is 0 Å². The summed E-state index contributed by atoms with van der Waals surface area (Å²) in [5.41, 5.74) is 0.601. The van der Waals surface area contributed by atoms with Crippen molar-refractivity contribution in [1.82, 2.24) is 19.8 Å². The van der Waals surface area contributed by atoms with E-state index in [0.29, 0.717) is 40.4 Å². The molecule has 0 bridgehead atoms. The number of nitrogens with zero attached hydrogens (tertiary/aromatic N) is 4. The van der Waals surface area contributed by atoms with E-state index < -0.39 is 34.9 Å². The molecule has 0 fully saturated rings. The third-order valence-corrected chi connectivity index (χ3v) is 5.90. The zero-order valence-corrected chi connectivity index (χ0v) is 19.3. The molecular formula is C22H23F3N4O3S. The lowest BCUT2D eigenvalue weighted by molar-refractivity contribution is 0.102. The normalized spacial score (nSPS) is 11.2. The highest BCUT2D eigenvalue weighted by molar-refractivity contribution is 7.15. The number of likely N-dealkylation sites (N-methyl/N-ethyl adjacent to an activating group) is 2. The van der Waals surface area contributed by atoms with Crippen molar-refractivity contribution in [2.24, 2.45) is 0 Å². The maximum Gasteiger partial charge on any atom is 0.409 e. The number of hydrogen-bond donors (Lipinski definition) is 1. The molecule has 3 rings (SSSR count). The van der Waals surface area contributed by atoms with Gasteiger partial charge >= 0.3 is 6.09 Å². The van der Waals surface area contributed by atoms with E-state index in [4.69, 9.17) is 4.74 Å². The smallest absolute Gasteiger partial charge is 0.409 e. The Kier molecular flexibility index (Phi) is 7.54. The largest absolute Gasteiger partial charge is 0.503 e. The van der Waals surface area contributed by atoms with E-state index >= 15 is 0 Å². The van der Waals surface area contributed by atoms with E-state index in [1.807, 2.05) is 19.0 Å². The lowest BCUT2D eigenvalue weighted by Crippen LogP contribution is -2.33. The first-order valence-corrected chi connectivity index (χ1v) is 10.7.